The number of benzene rings is 3. The van der Waals surface area contributed by atoms with Gasteiger partial charge in [0.1, 0.15) is 29.4 Å². The number of aromatic amines is 1. The van der Waals surface area contributed by atoms with E-state index in [2.05, 4.69) is 9.97 Å². The molecule has 232 valence electrons. The Morgan fingerprint density at radius 2 is 1.84 bits per heavy atom. The highest BCUT2D eigenvalue weighted by Gasteiger charge is 2.31. The number of H-pyrrole nitrogens is 1. The van der Waals surface area contributed by atoms with Crippen molar-refractivity contribution in [3.63, 3.8) is 0 Å². The second-order valence-corrected chi connectivity index (χ2v) is 10.8. The van der Waals surface area contributed by atoms with E-state index in [1.807, 2.05) is 31.2 Å². The van der Waals surface area contributed by atoms with Gasteiger partial charge >= 0.3 is 12.1 Å². The summed E-state index contributed by atoms with van der Waals surface area (Å²) in [5, 5.41) is 0. The normalized spacial score (nSPS) is 13.3. The molecular formula is C34H30F3N3O5. The highest BCUT2D eigenvalue weighted by atomic mass is 19.4. The minimum Gasteiger partial charge on any atom is -0.494 e. The zero-order valence-electron chi connectivity index (χ0n) is 24.9. The fraction of sp³-hybridized carbons (Fsp3) is 0.265. The number of nitrogens with zero attached hydrogens (tertiary/aromatic N) is 2. The number of fused-ring (bicyclic) bond motifs is 7. The number of nitrogens with one attached hydrogen (secondary N) is 1. The topological polar surface area (TPSA) is 95.6 Å². The summed E-state index contributed by atoms with van der Waals surface area (Å²) in [6.07, 6.45) is -3.22. The lowest BCUT2D eigenvalue weighted by atomic mass is 9.98. The van der Waals surface area contributed by atoms with Crippen LogP contribution in [-0.2, 0) is 30.4 Å². The number of imidazole rings is 1. The molecule has 5 aromatic rings. The molecule has 8 nitrogen and oxygen atoms in total. The molecule has 0 spiro atoms. The Bertz CT molecular complexity index is 1900. The standard InChI is InChI=1S/C34H30F3N3O5/c1-19-12-22(16-30-38-27-14-23(33(41)43-3)15-29(42-2)32(27)40-30)28-17-25(19)26-7-4-8-31(39-26)45-18-21-9-10-24(34(35,36)37)13-20(21)6-5-11-44-28/h4,7-10,12-15,17H,5-6,11,16,18H2,1-3H3,(H,38,40). The van der Waals surface area contributed by atoms with Crippen LogP contribution < -0.4 is 14.2 Å². The Kier molecular flexibility index (Phi) is 8.09. The first kappa shape index (κ1) is 30.0. The molecule has 0 fully saturated rings. The first-order valence-corrected chi connectivity index (χ1v) is 14.3. The molecule has 0 saturated heterocycles. The maximum atomic E-state index is 13.5. The molecule has 2 aromatic heterocycles. The Balaban J connectivity index is 1.37. The number of aryl methyl sites for hydroxylation is 2. The number of hydrogen-bond donors (Lipinski definition) is 1. The Morgan fingerprint density at radius 1 is 1.00 bits per heavy atom. The molecule has 0 radical (unpaired) electrons. The van der Waals surface area contributed by atoms with Gasteiger partial charge in [-0.25, -0.2) is 14.8 Å². The number of rotatable bonds is 4. The lowest BCUT2D eigenvalue weighted by molar-refractivity contribution is -0.137. The largest absolute Gasteiger partial charge is 0.494 e. The predicted octanol–water partition coefficient (Wildman–Crippen LogP) is 7.24. The molecule has 3 aromatic carbocycles. The first-order valence-electron chi connectivity index (χ1n) is 14.3. The van der Waals surface area contributed by atoms with Gasteiger partial charge in [0.05, 0.1) is 43.2 Å². The smallest absolute Gasteiger partial charge is 0.416 e. The number of methoxy groups -OCH3 is 2. The van der Waals surface area contributed by atoms with Crippen molar-refractivity contribution in [2.45, 2.75) is 39.0 Å². The molecule has 4 bridgehead atoms. The summed E-state index contributed by atoms with van der Waals surface area (Å²) < 4.78 is 63.1. The van der Waals surface area contributed by atoms with E-state index < -0.39 is 17.7 Å². The van der Waals surface area contributed by atoms with Crippen molar-refractivity contribution in [3.8, 4) is 28.6 Å². The van der Waals surface area contributed by atoms with Crippen LogP contribution in [0.2, 0.25) is 0 Å². The minimum absolute atomic E-state index is 0.0946. The van der Waals surface area contributed by atoms with E-state index >= 15 is 0 Å². The summed E-state index contributed by atoms with van der Waals surface area (Å²) in [5.74, 6) is 1.53. The number of pyridine rings is 1. The molecule has 45 heavy (non-hydrogen) atoms. The molecule has 0 atom stereocenters. The minimum atomic E-state index is -4.45. The van der Waals surface area contributed by atoms with E-state index in [0.717, 1.165) is 22.8 Å². The Hall–Kier alpha value is -5.06. The lowest BCUT2D eigenvalue weighted by Crippen LogP contribution is -2.10. The van der Waals surface area contributed by atoms with Crippen molar-refractivity contribution in [1.29, 1.82) is 0 Å². The van der Waals surface area contributed by atoms with Gasteiger partial charge in [-0.05, 0) is 72.9 Å². The highest BCUT2D eigenvalue weighted by Crippen LogP contribution is 2.35. The van der Waals surface area contributed by atoms with Crippen LogP contribution in [0.3, 0.4) is 0 Å². The second kappa shape index (κ2) is 12.1. The summed E-state index contributed by atoms with van der Waals surface area (Å²) in [7, 11) is 2.82. The molecule has 0 unspecified atom stereocenters. The monoisotopic (exact) mass is 617 g/mol. The van der Waals surface area contributed by atoms with E-state index in [1.54, 1.807) is 18.2 Å². The van der Waals surface area contributed by atoms with Crippen LogP contribution in [0.15, 0.2) is 60.7 Å². The van der Waals surface area contributed by atoms with Gasteiger partial charge in [0.25, 0.3) is 0 Å². The third-order valence-corrected chi connectivity index (χ3v) is 7.76. The maximum Gasteiger partial charge on any atom is 0.416 e. The van der Waals surface area contributed by atoms with Crippen molar-refractivity contribution >= 4 is 17.0 Å². The van der Waals surface area contributed by atoms with Gasteiger partial charge in [-0.1, -0.05) is 18.2 Å². The molecule has 0 amide bonds. The fourth-order valence-electron chi connectivity index (χ4n) is 5.51. The van der Waals surface area contributed by atoms with Crippen LogP contribution in [0.1, 0.15) is 50.4 Å². The summed E-state index contributed by atoms with van der Waals surface area (Å²) >= 11 is 0. The SMILES string of the molecule is COC(=O)c1cc(OC)c2nc(Cc3cc(C)c4cc3OCCCc3cc(C(F)(F)F)ccc3COc3cccc-4n3)[nH]c2c1. The molecule has 1 aliphatic rings. The molecular weight excluding hydrogens is 587 g/mol. The molecule has 1 aliphatic heterocycles. The third-order valence-electron chi connectivity index (χ3n) is 7.76. The summed E-state index contributed by atoms with van der Waals surface area (Å²) in [4.78, 5) is 24.9. The summed E-state index contributed by atoms with van der Waals surface area (Å²) in [6.45, 7) is 2.35. The van der Waals surface area contributed by atoms with Gasteiger partial charge in [-0.3, -0.25) is 0 Å². The van der Waals surface area contributed by atoms with Crippen LogP contribution in [0.5, 0.6) is 17.4 Å². The number of halogens is 3. The van der Waals surface area contributed by atoms with Crippen LogP contribution in [0.4, 0.5) is 13.2 Å². The summed E-state index contributed by atoms with van der Waals surface area (Å²) in [5.41, 5.74) is 5.38. The lowest BCUT2D eigenvalue weighted by Gasteiger charge is -2.18. The average Bonchev–Trinajstić information content (AvgIpc) is 3.44. The number of esters is 1. The molecule has 1 N–H and O–H groups in total. The number of alkyl halides is 3. The van der Waals surface area contributed by atoms with E-state index in [-0.39, 0.29) is 13.2 Å². The maximum absolute atomic E-state index is 13.5. The van der Waals surface area contributed by atoms with Crippen molar-refractivity contribution in [2.24, 2.45) is 0 Å². The van der Waals surface area contributed by atoms with Crippen LogP contribution in [0.25, 0.3) is 22.3 Å². The Labute approximate surface area is 257 Å². The van der Waals surface area contributed by atoms with Gasteiger partial charge < -0.3 is 23.9 Å². The first-order chi connectivity index (χ1) is 21.6. The van der Waals surface area contributed by atoms with Gasteiger partial charge in [0.2, 0.25) is 5.88 Å². The van der Waals surface area contributed by atoms with Crippen molar-refractivity contribution in [3.05, 3.63) is 99.9 Å². The van der Waals surface area contributed by atoms with Crippen molar-refractivity contribution in [1.82, 2.24) is 15.0 Å². The van der Waals surface area contributed by atoms with Gasteiger partial charge in [-0.15, -0.1) is 0 Å². The predicted molar refractivity (Wildman–Crippen MR) is 161 cm³/mol. The van der Waals surface area contributed by atoms with Crippen molar-refractivity contribution < 1.29 is 36.9 Å². The molecule has 11 heteroatoms. The number of carbonyl (C=O) groups excluding carboxylic acids is 1. The van der Waals surface area contributed by atoms with Crippen LogP contribution in [0, 0.1) is 6.92 Å². The number of aromatic nitrogens is 3. The van der Waals surface area contributed by atoms with Gasteiger partial charge in [-0.2, -0.15) is 13.2 Å². The molecule has 0 aliphatic carbocycles. The fourth-order valence-corrected chi connectivity index (χ4v) is 5.51. The van der Waals surface area contributed by atoms with Crippen molar-refractivity contribution in [2.75, 3.05) is 20.8 Å². The van der Waals surface area contributed by atoms with Crippen LogP contribution in [-0.4, -0.2) is 41.7 Å². The van der Waals surface area contributed by atoms with E-state index in [1.165, 1.54) is 26.4 Å². The van der Waals surface area contributed by atoms with E-state index in [9.17, 15) is 18.0 Å². The summed E-state index contributed by atoms with van der Waals surface area (Å²) in [6, 6.07) is 16.4. The second-order valence-electron chi connectivity index (χ2n) is 10.8. The van der Waals surface area contributed by atoms with Crippen LogP contribution >= 0.6 is 0 Å². The average molecular weight is 618 g/mol. The number of ether oxygens (including phenoxy) is 4. The number of hydrogen-bond acceptors (Lipinski definition) is 7. The molecule has 6 rings (SSSR count). The quantitative estimate of drug-likeness (QED) is 0.213. The highest BCUT2D eigenvalue weighted by molar-refractivity contribution is 5.96. The zero-order chi connectivity index (χ0) is 31.7. The number of carbonyl (C=O) groups is 1. The van der Waals surface area contributed by atoms with Gasteiger partial charge in [0.15, 0.2) is 0 Å². The zero-order valence-corrected chi connectivity index (χ0v) is 24.9. The molecule has 0 saturated carbocycles. The molecule has 3 heterocycles. The van der Waals surface area contributed by atoms with E-state index in [4.69, 9.17) is 23.9 Å². The van der Waals surface area contributed by atoms with E-state index in [0.29, 0.717) is 75.9 Å². The Morgan fingerprint density at radius 3 is 2.62 bits per heavy atom. The van der Waals surface area contributed by atoms with Gasteiger partial charge in [0, 0.05) is 23.6 Å². The third kappa shape index (κ3) is 6.29.